The SMILES string of the molecule is COC1CC(Nc2nc3ccccc3nc2C)C1. The van der Waals surface area contributed by atoms with Gasteiger partial charge in [0.2, 0.25) is 0 Å². The first kappa shape index (κ1) is 11.4. The summed E-state index contributed by atoms with van der Waals surface area (Å²) < 4.78 is 5.28. The number of hydrogen-bond acceptors (Lipinski definition) is 4. The maximum absolute atomic E-state index is 5.28. The van der Waals surface area contributed by atoms with E-state index < -0.39 is 0 Å². The summed E-state index contributed by atoms with van der Waals surface area (Å²) >= 11 is 0. The average Bonchev–Trinajstić information content (AvgIpc) is 2.33. The molecule has 3 rings (SSSR count). The number of para-hydroxylation sites is 2. The number of hydrogen-bond donors (Lipinski definition) is 1. The van der Waals surface area contributed by atoms with Crippen LogP contribution in [0.15, 0.2) is 24.3 Å². The molecule has 0 atom stereocenters. The second kappa shape index (κ2) is 4.53. The van der Waals surface area contributed by atoms with Crippen molar-refractivity contribution in [1.29, 1.82) is 0 Å². The monoisotopic (exact) mass is 243 g/mol. The third-order valence-corrected chi connectivity index (χ3v) is 3.51. The number of rotatable bonds is 3. The third-order valence-electron chi connectivity index (χ3n) is 3.51. The van der Waals surface area contributed by atoms with Crippen LogP contribution < -0.4 is 5.32 Å². The lowest BCUT2D eigenvalue weighted by atomic mass is 9.89. The van der Waals surface area contributed by atoms with E-state index >= 15 is 0 Å². The molecule has 94 valence electrons. The van der Waals surface area contributed by atoms with Gasteiger partial charge >= 0.3 is 0 Å². The van der Waals surface area contributed by atoms with Gasteiger partial charge in [0.05, 0.1) is 22.8 Å². The highest BCUT2D eigenvalue weighted by Crippen LogP contribution is 2.27. The number of nitrogens with one attached hydrogen (secondary N) is 1. The molecule has 1 fully saturated rings. The lowest BCUT2D eigenvalue weighted by Gasteiger charge is -2.35. The molecule has 1 saturated carbocycles. The van der Waals surface area contributed by atoms with Crippen molar-refractivity contribution in [3.8, 4) is 0 Å². The van der Waals surface area contributed by atoms with Gasteiger partial charge in [-0.1, -0.05) is 12.1 Å². The van der Waals surface area contributed by atoms with Crippen LogP contribution >= 0.6 is 0 Å². The van der Waals surface area contributed by atoms with Crippen molar-refractivity contribution >= 4 is 16.9 Å². The number of aryl methyl sites for hydroxylation is 1. The molecule has 0 spiro atoms. The molecular weight excluding hydrogens is 226 g/mol. The fourth-order valence-electron chi connectivity index (χ4n) is 2.29. The largest absolute Gasteiger partial charge is 0.381 e. The van der Waals surface area contributed by atoms with Crippen molar-refractivity contribution in [2.24, 2.45) is 0 Å². The quantitative estimate of drug-likeness (QED) is 0.899. The Labute approximate surface area is 106 Å². The summed E-state index contributed by atoms with van der Waals surface area (Å²) in [5.74, 6) is 0.897. The van der Waals surface area contributed by atoms with Gasteiger partial charge in [0, 0.05) is 13.2 Å². The maximum Gasteiger partial charge on any atom is 0.148 e. The van der Waals surface area contributed by atoms with E-state index in [-0.39, 0.29) is 0 Å². The zero-order valence-electron chi connectivity index (χ0n) is 10.7. The third kappa shape index (κ3) is 2.04. The van der Waals surface area contributed by atoms with Crippen LogP contribution in [0.25, 0.3) is 11.0 Å². The highest BCUT2D eigenvalue weighted by molar-refractivity contribution is 5.76. The Bertz CT molecular complexity index is 564. The molecular formula is C14H17N3O. The number of aromatic nitrogens is 2. The lowest BCUT2D eigenvalue weighted by molar-refractivity contribution is 0.0328. The summed E-state index contributed by atoms with van der Waals surface area (Å²) in [5.41, 5.74) is 2.84. The Balaban J connectivity index is 1.81. The molecule has 4 heteroatoms. The fraction of sp³-hybridized carbons (Fsp3) is 0.429. The molecule has 4 nitrogen and oxygen atoms in total. The molecule has 1 aliphatic carbocycles. The van der Waals surface area contributed by atoms with Gasteiger partial charge in [-0.25, -0.2) is 9.97 Å². The molecule has 1 aromatic carbocycles. The minimum absolute atomic E-state index is 0.399. The van der Waals surface area contributed by atoms with Crippen molar-refractivity contribution in [2.45, 2.75) is 31.9 Å². The minimum atomic E-state index is 0.399. The Hall–Kier alpha value is -1.68. The second-order valence-corrected chi connectivity index (χ2v) is 4.82. The Morgan fingerprint density at radius 3 is 2.50 bits per heavy atom. The molecule has 18 heavy (non-hydrogen) atoms. The van der Waals surface area contributed by atoms with Crippen molar-refractivity contribution in [3.05, 3.63) is 30.0 Å². The molecule has 0 saturated heterocycles. The number of ether oxygens (including phenoxy) is 1. The molecule has 0 bridgehead atoms. The average molecular weight is 243 g/mol. The zero-order valence-corrected chi connectivity index (χ0v) is 10.7. The van der Waals surface area contributed by atoms with Gasteiger partial charge < -0.3 is 10.1 Å². The van der Waals surface area contributed by atoms with Crippen LogP contribution in [-0.4, -0.2) is 29.2 Å². The number of anilines is 1. The molecule has 0 unspecified atom stereocenters. The summed E-state index contributed by atoms with van der Waals surface area (Å²) in [7, 11) is 1.77. The van der Waals surface area contributed by atoms with Crippen LogP contribution in [0.2, 0.25) is 0 Å². The summed E-state index contributed by atoms with van der Waals surface area (Å²) in [5, 5.41) is 3.45. The zero-order chi connectivity index (χ0) is 12.5. The lowest BCUT2D eigenvalue weighted by Crippen LogP contribution is -2.40. The summed E-state index contributed by atoms with van der Waals surface area (Å²) in [6, 6.07) is 8.41. The molecule has 0 amide bonds. The van der Waals surface area contributed by atoms with Gasteiger partial charge in [0.1, 0.15) is 5.82 Å². The fourth-order valence-corrected chi connectivity index (χ4v) is 2.29. The van der Waals surface area contributed by atoms with Crippen LogP contribution in [-0.2, 0) is 4.74 Å². The van der Waals surface area contributed by atoms with E-state index in [0.29, 0.717) is 12.1 Å². The second-order valence-electron chi connectivity index (χ2n) is 4.82. The van der Waals surface area contributed by atoms with Crippen LogP contribution in [0.3, 0.4) is 0 Å². The molecule has 0 aliphatic heterocycles. The first-order chi connectivity index (χ1) is 8.76. The van der Waals surface area contributed by atoms with E-state index in [0.717, 1.165) is 35.4 Å². The summed E-state index contributed by atoms with van der Waals surface area (Å²) in [6.45, 7) is 1.99. The molecule has 1 aromatic heterocycles. The van der Waals surface area contributed by atoms with Crippen molar-refractivity contribution in [1.82, 2.24) is 9.97 Å². The number of benzene rings is 1. The molecule has 1 N–H and O–H groups in total. The Kier molecular flexibility index (Phi) is 2.88. The van der Waals surface area contributed by atoms with Crippen LogP contribution in [0.5, 0.6) is 0 Å². The van der Waals surface area contributed by atoms with Gasteiger partial charge in [-0.05, 0) is 31.9 Å². The molecule has 0 radical (unpaired) electrons. The van der Waals surface area contributed by atoms with E-state index in [1.807, 2.05) is 31.2 Å². The van der Waals surface area contributed by atoms with Gasteiger partial charge in [0.15, 0.2) is 0 Å². The van der Waals surface area contributed by atoms with Gasteiger partial charge in [0.25, 0.3) is 0 Å². The highest BCUT2D eigenvalue weighted by atomic mass is 16.5. The van der Waals surface area contributed by atoms with Crippen LogP contribution in [0.1, 0.15) is 18.5 Å². The molecule has 2 aromatic rings. The van der Waals surface area contributed by atoms with E-state index in [1.54, 1.807) is 7.11 Å². The number of fused-ring (bicyclic) bond motifs is 1. The first-order valence-electron chi connectivity index (χ1n) is 6.29. The van der Waals surface area contributed by atoms with Crippen molar-refractivity contribution < 1.29 is 4.74 Å². The normalized spacial score (nSPS) is 22.8. The minimum Gasteiger partial charge on any atom is -0.381 e. The topological polar surface area (TPSA) is 47.0 Å². The summed E-state index contributed by atoms with van der Waals surface area (Å²) in [4.78, 5) is 9.20. The van der Waals surface area contributed by atoms with Crippen molar-refractivity contribution in [3.63, 3.8) is 0 Å². The number of nitrogens with zero attached hydrogens (tertiary/aromatic N) is 2. The predicted octanol–water partition coefficient (Wildman–Crippen LogP) is 2.53. The smallest absolute Gasteiger partial charge is 0.148 e. The van der Waals surface area contributed by atoms with E-state index in [9.17, 15) is 0 Å². The number of methoxy groups -OCH3 is 1. The van der Waals surface area contributed by atoms with Crippen molar-refractivity contribution in [2.75, 3.05) is 12.4 Å². The molecule has 1 heterocycles. The van der Waals surface area contributed by atoms with Crippen LogP contribution in [0.4, 0.5) is 5.82 Å². The van der Waals surface area contributed by atoms with Gasteiger partial charge in [-0.15, -0.1) is 0 Å². The van der Waals surface area contributed by atoms with Gasteiger partial charge in [-0.2, -0.15) is 0 Å². The first-order valence-corrected chi connectivity index (χ1v) is 6.29. The molecule has 1 aliphatic rings. The Morgan fingerprint density at radius 1 is 1.17 bits per heavy atom. The maximum atomic E-state index is 5.28. The highest BCUT2D eigenvalue weighted by Gasteiger charge is 2.29. The summed E-state index contributed by atoms with van der Waals surface area (Å²) in [6.07, 6.45) is 2.49. The van der Waals surface area contributed by atoms with E-state index in [2.05, 4.69) is 15.3 Å². The standard InChI is InChI=1S/C14H17N3O/c1-9-14(16-10-7-11(8-10)18-2)17-13-6-4-3-5-12(13)15-9/h3-6,10-11H,7-8H2,1-2H3,(H,16,17). The van der Waals surface area contributed by atoms with Gasteiger partial charge in [-0.3, -0.25) is 0 Å². The Morgan fingerprint density at radius 2 is 1.83 bits per heavy atom. The van der Waals surface area contributed by atoms with E-state index in [1.165, 1.54) is 0 Å². The van der Waals surface area contributed by atoms with E-state index in [4.69, 9.17) is 4.74 Å². The predicted molar refractivity (Wildman–Crippen MR) is 71.7 cm³/mol. The van der Waals surface area contributed by atoms with Crippen LogP contribution in [0, 0.1) is 6.92 Å².